The predicted octanol–water partition coefficient (Wildman–Crippen LogP) is 3.78. The van der Waals surface area contributed by atoms with Crippen LogP contribution in [0.3, 0.4) is 0 Å². The van der Waals surface area contributed by atoms with Gasteiger partial charge in [0.25, 0.3) is 0 Å². The molecular weight excluding hydrogens is 248 g/mol. The Hall–Kier alpha value is -1.64. The van der Waals surface area contributed by atoms with Gasteiger partial charge in [-0.05, 0) is 36.5 Å². The normalized spacial score (nSPS) is 11.4. The third-order valence-electron chi connectivity index (χ3n) is 3.48. The SMILES string of the molecule is CCCn1c(CC(C)C)nc2cc(CCC=O)ccc21. The molecule has 0 unspecified atom stereocenters. The van der Waals surface area contributed by atoms with Crippen LogP contribution in [0.15, 0.2) is 18.2 Å². The Balaban J connectivity index is 2.40. The molecule has 1 aromatic heterocycles. The van der Waals surface area contributed by atoms with E-state index in [9.17, 15) is 4.79 Å². The molecule has 1 heterocycles. The fourth-order valence-corrected chi connectivity index (χ4v) is 2.60. The van der Waals surface area contributed by atoms with Gasteiger partial charge in [0.2, 0.25) is 0 Å². The molecule has 0 radical (unpaired) electrons. The van der Waals surface area contributed by atoms with Crippen molar-refractivity contribution in [2.75, 3.05) is 0 Å². The van der Waals surface area contributed by atoms with Crippen LogP contribution < -0.4 is 0 Å². The van der Waals surface area contributed by atoms with Crippen molar-refractivity contribution in [2.24, 2.45) is 5.92 Å². The Morgan fingerprint density at radius 3 is 2.80 bits per heavy atom. The Labute approximate surface area is 121 Å². The zero-order valence-corrected chi connectivity index (χ0v) is 12.7. The largest absolute Gasteiger partial charge is 0.328 e. The number of imidazole rings is 1. The summed E-state index contributed by atoms with van der Waals surface area (Å²) in [6, 6.07) is 6.41. The van der Waals surface area contributed by atoms with Crippen molar-refractivity contribution in [3.05, 3.63) is 29.6 Å². The molecule has 0 saturated heterocycles. The van der Waals surface area contributed by atoms with Gasteiger partial charge in [-0.2, -0.15) is 0 Å². The third-order valence-corrected chi connectivity index (χ3v) is 3.48. The van der Waals surface area contributed by atoms with E-state index in [2.05, 4.69) is 43.5 Å². The van der Waals surface area contributed by atoms with E-state index in [4.69, 9.17) is 4.98 Å². The van der Waals surface area contributed by atoms with Gasteiger partial charge in [-0.1, -0.05) is 26.8 Å². The summed E-state index contributed by atoms with van der Waals surface area (Å²) in [7, 11) is 0. The molecule has 1 aromatic carbocycles. The van der Waals surface area contributed by atoms with Crippen molar-refractivity contribution in [1.29, 1.82) is 0 Å². The summed E-state index contributed by atoms with van der Waals surface area (Å²) in [6.07, 6.45) is 4.49. The van der Waals surface area contributed by atoms with Crippen molar-refractivity contribution in [3.63, 3.8) is 0 Å². The van der Waals surface area contributed by atoms with E-state index in [1.54, 1.807) is 0 Å². The molecule has 0 spiro atoms. The van der Waals surface area contributed by atoms with Crippen LogP contribution in [0.4, 0.5) is 0 Å². The van der Waals surface area contributed by atoms with Crippen LogP contribution in [-0.2, 0) is 24.2 Å². The minimum atomic E-state index is 0.583. The second kappa shape index (κ2) is 6.69. The maximum absolute atomic E-state index is 10.5. The van der Waals surface area contributed by atoms with E-state index in [0.717, 1.165) is 37.6 Å². The van der Waals surface area contributed by atoms with E-state index in [1.807, 2.05) is 0 Å². The van der Waals surface area contributed by atoms with Gasteiger partial charge >= 0.3 is 0 Å². The summed E-state index contributed by atoms with van der Waals surface area (Å²) < 4.78 is 2.35. The molecule has 3 nitrogen and oxygen atoms in total. The second-order valence-corrected chi connectivity index (χ2v) is 5.81. The molecule has 2 rings (SSSR count). The summed E-state index contributed by atoms with van der Waals surface area (Å²) >= 11 is 0. The maximum Gasteiger partial charge on any atom is 0.120 e. The Kier molecular flexibility index (Phi) is 4.94. The Morgan fingerprint density at radius 2 is 2.15 bits per heavy atom. The highest BCUT2D eigenvalue weighted by atomic mass is 16.1. The molecule has 0 bridgehead atoms. The van der Waals surface area contributed by atoms with Crippen LogP contribution in [0.25, 0.3) is 11.0 Å². The van der Waals surface area contributed by atoms with Gasteiger partial charge in [0.1, 0.15) is 12.1 Å². The van der Waals surface area contributed by atoms with E-state index >= 15 is 0 Å². The number of carbonyl (C=O) groups is 1. The quantitative estimate of drug-likeness (QED) is 0.719. The Bertz CT molecular complexity index is 584. The first-order valence-corrected chi connectivity index (χ1v) is 7.57. The third kappa shape index (κ3) is 3.27. The number of aryl methyl sites for hydroxylation is 2. The van der Waals surface area contributed by atoms with E-state index in [0.29, 0.717) is 12.3 Å². The van der Waals surface area contributed by atoms with Gasteiger partial charge in [0.05, 0.1) is 11.0 Å². The van der Waals surface area contributed by atoms with Crippen molar-refractivity contribution in [1.82, 2.24) is 9.55 Å². The smallest absolute Gasteiger partial charge is 0.120 e. The number of carbonyl (C=O) groups excluding carboxylic acids is 1. The van der Waals surface area contributed by atoms with Crippen LogP contribution in [0, 0.1) is 5.92 Å². The summed E-state index contributed by atoms with van der Waals surface area (Å²) in [5.41, 5.74) is 3.48. The van der Waals surface area contributed by atoms with Crippen molar-refractivity contribution in [2.45, 2.75) is 53.0 Å². The maximum atomic E-state index is 10.5. The number of nitrogens with zero attached hydrogens (tertiary/aromatic N) is 2. The average molecular weight is 272 g/mol. The first kappa shape index (κ1) is 14.8. The first-order valence-electron chi connectivity index (χ1n) is 7.57. The lowest BCUT2D eigenvalue weighted by molar-refractivity contribution is -0.107. The van der Waals surface area contributed by atoms with Crippen molar-refractivity contribution in [3.8, 4) is 0 Å². The highest BCUT2D eigenvalue weighted by Gasteiger charge is 2.11. The van der Waals surface area contributed by atoms with Crippen LogP contribution in [0.5, 0.6) is 0 Å². The highest BCUT2D eigenvalue weighted by molar-refractivity contribution is 5.77. The molecule has 0 saturated carbocycles. The summed E-state index contributed by atoms with van der Waals surface area (Å²) in [5, 5.41) is 0. The lowest BCUT2D eigenvalue weighted by Crippen LogP contribution is -2.06. The summed E-state index contributed by atoms with van der Waals surface area (Å²) in [5.74, 6) is 1.79. The molecule has 0 aliphatic heterocycles. The molecule has 0 fully saturated rings. The molecule has 0 atom stereocenters. The lowest BCUT2D eigenvalue weighted by Gasteiger charge is -2.09. The fraction of sp³-hybridized carbons (Fsp3) is 0.529. The molecular formula is C17H24N2O. The zero-order chi connectivity index (χ0) is 14.5. The van der Waals surface area contributed by atoms with E-state index < -0.39 is 0 Å². The number of aromatic nitrogens is 2. The van der Waals surface area contributed by atoms with Gasteiger partial charge in [-0.25, -0.2) is 4.98 Å². The number of hydrogen-bond donors (Lipinski definition) is 0. The van der Waals surface area contributed by atoms with Crippen molar-refractivity contribution < 1.29 is 4.79 Å². The fourth-order valence-electron chi connectivity index (χ4n) is 2.60. The molecule has 20 heavy (non-hydrogen) atoms. The minimum Gasteiger partial charge on any atom is -0.328 e. The lowest BCUT2D eigenvalue weighted by atomic mass is 10.1. The number of fused-ring (bicyclic) bond motifs is 1. The van der Waals surface area contributed by atoms with Gasteiger partial charge in [-0.3, -0.25) is 0 Å². The molecule has 0 aliphatic rings. The monoisotopic (exact) mass is 272 g/mol. The zero-order valence-electron chi connectivity index (χ0n) is 12.7. The van der Waals surface area contributed by atoms with Gasteiger partial charge in [-0.15, -0.1) is 0 Å². The number of hydrogen-bond acceptors (Lipinski definition) is 2. The average Bonchev–Trinajstić information content (AvgIpc) is 2.73. The molecule has 0 aliphatic carbocycles. The van der Waals surface area contributed by atoms with Crippen LogP contribution in [0.1, 0.15) is 45.0 Å². The standard InChI is InChI=1S/C17H24N2O/c1-4-9-19-16-8-7-14(6-5-10-20)12-15(16)18-17(19)11-13(2)3/h7-8,10,12-13H,4-6,9,11H2,1-3H3. The second-order valence-electron chi connectivity index (χ2n) is 5.81. The Morgan fingerprint density at radius 1 is 1.35 bits per heavy atom. The summed E-state index contributed by atoms with van der Waals surface area (Å²) in [6.45, 7) is 7.67. The van der Waals surface area contributed by atoms with Gasteiger partial charge < -0.3 is 9.36 Å². The topological polar surface area (TPSA) is 34.9 Å². The molecule has 3 heteroatoms. The molecule has 108 valence electrons. The van der Waals surface area contributed by atoms with Crippen molar-refractivity contribution >= 4 is 17.3 Å². The molecule has 0 N–H and O–H groups in total. The first-order chi connectivity index (χ1) is 9.65. The number of benzene rings is 1. The minimum absolute atomic E-state index is 0.583. The highest BCUT2D eigenvalue weighted by Crippen LogP contribution is 2.21. The van der Waals surface area contributed by atoms with Gasteiger partial charge in [0.15, 0.2) is 0 Å². The molecule has 2 aromatic rings. The van der Waals surface area contributed by atoms with E-state index in [1.165, 1.54) is 16.9 Å². The van der Waals surface area contributed by atoms with Crippen LogP contribution >= 0.6 is 0 Å². The number of rotatable bonds is 7. The van der Waals surface area contributed by atoms with Crippen LogP contribution in [0.2, 0.25) is 0 Å². The number of aldehydes is 1. The molecule has 0 amide bonds. The summed E-state index contributed by atoms with van der Waals surface area (Å²) in [4.78, 5) is 15.3. The van der Waals surface area contributed by atoms with Crippen LogP contribution in [-0.4, -0.2) is 15.8 Å². The predicted molar refractivity (Wildman–Crippen MR) is 83.0 cm³/mol. The van der Waals surface area contributed by atoms with Gasteiger partial charge in [0, 0.05) is 19.4 Å². The van der Waals surface area contributed by atoms with E-state index in [-0.39, 0.29) is 0 Å².